The van der Waals surface area contributed by atoms with Crippen LogP contribution in [-0.4, -0.2) is 85.5 Å². The molecule has 18 heteroatoms. The second kappa shape index (κ2) is 15.4. The van der Waals surface area contributed by atoms with E-state index in [9.17, 15) is 23.5 Å². The molecule has 6 N–H and O–H groups in total. The van der Waals surface area contributed by atoms with E-state index in [0.29, 0.717) is 41.4 Å². The number of halogens is 4. The van der Waals surface area contributed by atoms with Crippen LogP contribution >= 0.6 is 0 Å². The van der Waals surface area contributed by atoms with Crippen molar-refractivity contribution in [1.29, 1.82) is 0 Å². The number of aliphatic hydroxyl groups excluding tert-OH is 1. The predicted molar refractivity (Wildman–Crippen MR) is 178 cm³/mol. The highest BCUT2D eigenvalue weighted by atomic mass is 19.3. The fraction of sp³-hybridized carbons (Fsp3) is 0.455. The van der Waals surface area contributed by atoms with E-state index in [-0.39, 0.29) is 55.5 Å². The van der Waals surface area contributed by atoms with Gasteiger partial charge >= 0.3 is 12.1 Å². The Bertz CT molecular complexity index is 1890. The largest absolute Gasteiger partial charge is 0.464 e. The molecule has 1 amide bonds. The first-order chi connectivity index (χ1) is 24.2. The normalized spacial score (nSPS) is 17.5. The predicted octanol–water partition coefficient (Wildman–Crippen LogP) is 3.79. The van der Waals surface area contributed by atoms with Crippen LogP contribution in [-0.2, 0) is 16.1 Å². The number of nitrogens with one attached hydrogen (secondary N) is 1. The van der Waals surface area contributed by atoms with Gasteiger partial charge in [0.15, 0.2) is 23.0 Å². The molecule has 3 atom stereocenters. The molecule has 4 aromatic rings. The summed E-state index contributed by atoms with van der Waals surface area (Å²) in [6, 6.07) is 1.92. The van der Waals surface area contributed by atoms with Gasteiger partial charge in [-0.25, -0.2) is 42.1 Å². The minimum absolute atomic E-state index is 0.00662. The van der Waals surface area contributed by atoms with Crippen molar-refractivity contribution in [2.24, 2.45) is 11.7 Å². The number of fused-ring (bicyclic) bond motifs is 1. The standard InChI is InChI=1S/C33H39F4N9O5/c1-4-50-31(48)23(8-17(2)3)44-32(49)51-25-11-20(34)19(10-21(25)35)22-9-18(13-46-16-43-26-29(38)41-15-42-30(26)46)24(12-40-22)45-7-5-6-33(39,14-45)27(47)28(36)37/h9-12,15-17,23,27-28,47H,4-8,13-14,39H2,1-3H3,(H,44,49)(H2,38,41,42)/t23-,27-,33-/m1/s1. The van der Waals surface area contributed by atoms with Gasteiger partial charge in [-0.15, -0.1) is 0 Å². The summed E-state index contributed by atoms with van der Waals surface area (Å²) in [6.45, 7) is 5.64. The molecule has 1 saturated heterocycles. The van der Waals surface area contributed by atoms with E-state index >= 15 is 8.78 Å². The van der Waals surface area contributed by atoms with Crippen molar-refractivity contribution in [1.82, 2.24) is 29.8 Å². The Morgan fingerprint density at radius 3 is 2.59 bits per heavy atom. The summed E-state index contributed by atoms with van der Waals surface area (Å²) in [7, 11) is 0. The minimum atomic E-state index is -3.06. The number of carbonyl (C=O) groups excluding carboxylic acids is 2. The summed E-state index contributed by atoms with van der Waals surface area (Å²) < 4.78 is 69.8. The van der Waals surface area contributed by atoms with Gasteiger partial charge in [0.2, 0.25) is 0 Å². The number of aromatic nitrogens is 5. The molecular formula is C33H39F4N9O5. The zero-order chi connectivity index (χ0) is 37.0. The van der Waals surface area contributed by atoms with Crippen molar-refractivity contribution in [2.45, 2.75) is 70.7 Å². The molecule has 0 unspecified atom stereocenters. The summed E-state index contributed by atoms with van der Waals surface area (Å²) in [5, 5.41) is 12.6. The Balaban J connectivity index is 1.48. The summed E-state index contributed by atoms with van der Waals surface area (Å²) in [5.74, 6) is -3.37. The molecule has 1 fully saturated rings. The van der Waals surface area contributed by atoms with Crippen molar-refractivity contribution in [3.63, 3.8) is 0 Å². The number of imidazole rings is 1. The molecule has 1 aliphatic rings. The van der Waals surface area contributed by atoms with E-state index in [1.165, 1.54) is 24.9 Å². The van der Waals surface area contributed by atoms with Crippen molar-refractivity contribution in [3.8, 4) is 17.0 Å². The van der Waals surface area contributed by atoms with E-state index in [2.05, 4.69) is 25.3 Å². The Morgan fingerprint density at radius 1 is 1.12 bits per heavy atom. The second-order valence-electron chi connectivity index (χ2n) is 12.8. The first-order valence-electron chi connectivity index (χ1n) is 16.2. The maximum atomic E-state index is 15.6. The van der Waals surface area contributed by atoms with Gasteiger partial charge in [0.1, 0.15) is 29.8 Å². The number of piperidine rings is 1. The minimum Gasteiger partial charge on any atom is -0.464 e. The van der Waals surface area contributed by atoms with E-state index in [1.54, 1.807) is 16.4 Å². The maximum Gasteiger partial charge on any atom is 0.413 e. The summed E-state index contributed by atoms with van der Waals surface area (Å²) in [6.07, 6.45) is -1.47. The average molecular weight is 718 g/mol. The van der Waals surface area contributed by atoms with E-state index in [1.807, 2.05) is 13.8 Å². The molecule has 3 aromatic heterocycles. The average Bonchev–Trinajstić information content (AvgIpc) is 3.49. The monoisotopic (exact) mass is 717 g/mol. The molecule has 1 aliphatic heterocycles. The fourth-order valence-corrected chi connectivity index (χ4v) is 6.06. The lowest BCUT2D eigenvalue weighted by atomic mass is 9.84. The first-order valence-corrected chi connectivity index (χ1v) is 16.2. The van der Waals surface area contributed by atoms with Crippen LogP contribution in [0.3, 0.4) is 0 Å². The lowest BCUT2D eigenvalue weighted by Crippen LogP contribution is -2.63. The number of nitrogens with zero attached hydrogens (tertiary/aromatic N) is 6. The topological polar surface area (TPSA) is 197 Å². The number of nitrogens with two attached hydrogens (primary N) is 2. The highest BCUT2D eigenvalue weighted by Crippen LogP contribution is 2.35. The lowest BCUT2D eigenvalue weighted by Gasteiger charge is -2.44. The first kappa shape index (κ1) is 37.2. The SMILES string of the molecule is CCOC(=O)[C@@H](CC(C)C)NC(=O)Oc1cc(F)c(-c2cc(Cn3cnc4c(N)ncnc43)c(N3CCC[C@](N)([C@H](O)C(F)F)C3)cn2)cc1F. The summed E-state index contributed by atoms with van der Waals surface area (Å²) >= 11 is 0. The Labute approximate surface area is 290 Å². The number of ether oxygens (including phenoxy) is 2. The Morgan fingerprint density at radius 2 is 1.88 bits per heavy atom. The Hall–Kier alpha value is -5.10. The lowest BCUT2D eigenvalue weighted by molar-refractivity contribution is -0.145. The summed E-state index contributed by atoms with van der Waals surface area (Å²) in [4.78, 5) is 43.5. The van der Waals surface area contributed by atoms with Crippen LogP contribution in [0, 0.1) is 17.6 Å². The Kier molecular flexibility index (Phi) is 11.2. The van der Waals surface area contributed by atoms with Crippen LogP contribution in [0.4, 0.5) is 33.9 Å². The molecule has 0 aliphatic carbocycles. The number of nitrogen functional groups attached to an aromatic ring is 1. The van der Waals surface area contributed by atoms with Crippen molar-refractivity contribution >= 4 is 34.7 Å². The highest BCUT2D eigenvalue weighted by Gasteiger charge is 2.43. The van der Waals surface area contributed by atoms with Gasteiger partial charge in [-0.05, 0) is 49.8 Å². The van der Waals surface area contributed by atoms with Crippen LogP contribution in [0.1, 0.15) is 45.6 Å². The quantitative estimate of drug-likeness (QED) is 0.122. The third-order valence-electron chi connectivity index (χ3n) is 8.53. The van der Waals surface area contributed by atoms with Gasteiger partial charge < -0.3 is 40.8 Å². The number of hydrogen-bond donors (Lipinski definition) is 4. The van der Waals surface area contributed by atoms with Crippen LogP contribution in [0.2, 0.25) is 0 Å². The fourth-order valence-electron chi connectivity index (χ4n) is 6.06. The molecule has 5 rings (SSSR count). The number of hydrogen-bond acceptors (Lipinski definition) is 12. The molecular weight excluding hydrogens is 678 g/mol. The highest BCUT2D eigenvalue weighted by molar-refractivity contribution is 5.82. The number of esters is 1. The van der Waals surface area contributed by atoms with Gasteiger partial charge in [0.25, 0.3) is 6.43 Å². The van der Waals surface area contributed by atoms with E-state index < -0.39 is 53.6 Å². The number of aliphatic hydroxyl groups is 1. The second-order valence-corrected chi connectivity index (χ2v) is 12.8. The molecule has 0 spiro atoms. The van der Waals surface area contributed by atoms with Gasteiger partial charge in [0, 0.05) is 24.7 Å². The van der Waals surface area contributed by atoms with Crippen LogP contribution in [0.25, 0.3) is 22.4 Å². The maximum absolute atomic E-state index is 15.6. The number of carbonyl (C=O) groups is 2. The molecule has 1 aromatic carbocycles. The molecule has 4 heterocycles. The number of alkyl halides is 2. The molecule has 0 saturated carbocycles. The third kappa shape index (κ3) is 8.28. The van der Waals surface area contributed by atoms with Crippen molar-refractivity contribution in [3.05, 3.63) is 54.2 Å². The van der Waals surface area contributed by atoms with Crippen molar-refractivity contribution in [2.75, 3.05) is 30.3 Å². The zero-order valence-electron chi connectivity index (χ0n) is 28.2. The number of amides is 1. The summed E-state index contributed by atoms with van der Waals surface area (Å²) in [5.41, 5.74) is 12.0. The molecule has 274 valence electrons. The number of pyridine rings is 1. The van der Waals surface area contributed by atoms with E-state index in [4.69, 9.17) is 20.9 Å². The molecule has 51 heavy (non-hydrogen) atoms. The van der Waals surface area contributed by atoms with Crippen LogP contribution in [0.15, 0.2) is 37.1 Å². The number of benzene rings is 1. The number of rotatable bonds is 12. The molecule has 0 radical (unpaired) electrons. The van der Waals surface area contributed by atoms with Gasteiger partial charge in [-0.1, -0.05) is 13.8 Å². The third-order valence-corrected chi connectivity index (χ3v) is 8.53. The van der Waals surface area contributed by atoms with Crippen LogP contribution < -0.4 is 26.4 Å². The molecule has 14 nitrogen and oxygen atoms in total. The van der Waals surface area contributed by atoms with Crippen molar-refractivity contribution < 1.29 is 41.7 Å². The van der Waals surface area contributed by atoms with E-state index in [0.717, 1.165) is 6.07 Å². The van der Waals surface area contributed by atoms with Gasteiger partial charge in [-0.2, -0.15) is 0 Å². The van der Waals surface area contributed by atoms with Crippen LogP contribution in [0.5, 0.6) is 5.75 Å². The number of anilines is 2. The van der Waals surface area contributed by atoms with Gasteiger partial charge in [-0.3, -0.25) is 4.98 Å². The zero-order valence-corrected chi connectivity index (χ0v) is 28.2. The van der Waals surface area contributed by atoms with Gasteiger partial charge in [0.05, 0.1) is 42.6 Å². The smallest absolute Gasteiger partial charge is 0.413 e. The molecule has 0 bridgehead atoms.